The number of thioether (sulfide) groups is 1. The Balaban J connectivity index is 1.89. The third-order valence-electron chi connectivity index (χ3n) is 3.04. The highest BCUT2D eigenvalue weighted by atomic mass is 79.9. The van der Waals surface area contributed by atoms with Gasteiger partial charge in [0.1, 0.15) is 11.1 Å². The van der Waals surface area contributed by atoms with Crippen LogP contribution in [0, 0.1) is 0 Å². The monoisotopic (exact) mass is 337 g/mol. The first-order valence-corrected chi connectivity index (χ1v) is 7.82. The van der Waals surface area contributed by atoms with Crippen LogP contribution in [-0.2, 0) is 0 Å². The first-order chi connectivity index (χ1) is 9.27. The van der Waals surface area contributed by atoms with E-state index < -0.39 is 0 Å². The van der Waals surface area contributed by atoms with E-state index in [1.165, 1.54) is 0 Å². The molecule has 0 unspecified atom stereocenters. The zero-order valence-corrected chi connectivity index (χ0v) is 12.5. The van der Waals surface area contributed by atoms with Crippen LogP contribution in [0.3, 0.4) is 0 Å². The zero-order chi connectivity index (χ0) is 13.2. The van der Waals surface area contributed by atoms with Crippen molar-refractivity contribution < 1.29 is 9.21 Å². The summed E-state index contributed by atoms with van der Waals surface area (Å²) in [7, 11) is 0. The van der Waals surface area contributed by atoms with E-state index in [0.29, 0.717) is 5.56 Å². The maximum Gasteiger partial charge on any atom is 0.256 e. The Morgan fingerprint density at radius 2 is 2.16 bits per heavy atom. The number of hydrogen-bond acceptors (Lipinski definition) is 3. The van der Waals surface area contributed by atoms with Crippen LogP contribution in [0.4, 0.5) is 0 Å². The van der Waals surface area contributed by atoms with Crippen molar-refractivity contribution in [2.24, 2.45) is 0 Å². The summed E-state index contributed by atoms with van der Waals surface area (Å²) in [6.45, 7) is 0.746. The first kappa shape index (κ1) is 12.8. The lowest BCUT2D eigenvalue weighted by molar-refractivity contribution is 0.0748. The molecule has 0 saturated carbocycles. The van der Waals surface area contributed by atoms with E-state index in [1.54, 1.807) is 18.0 Å². The van der Waals surface area contributed by atoms with Gasteiger partial charge in [0.2, 0.25) is 0 Å². The van der Waals surface area contributed by atoms with Crippen LogP contribution < -0.4 is 0 Å². The molecule has 2 aromatic rings. The summed E-state index contributed by atoms with van der Waals surface area (Å²) in [6.07, 6.45) is 1.65. The molecule has 0 aliphatic carbocycles. The van der Waals surface area contributed by atoms with Crippen LogP contribution in [0.15, 0.2) is 51.6 Å². The molecule has 1 amide bonds. The van der Waals surface area contributed by atoms with E-state index in [9.17, 15) is 4.79 Å². The Hall–Kier alpha value is -1.20. The van der Waals surface area contributed by atoms with Gasteiger partial charge in [-0.1, -0.05) is 12.1 Å². The van der Waals surface area contributed by atoms with Crippen LogP contribution in [0.25, 0.3) is 0 Å². The summed E-state index contributed by atoms with van der Waals surface area (Å²) < 4.78 is 6.27. The van der Waals surface area contributed by atoms with Crippen LogP contribution >= 0.6 is 27.7 Å². The molecule has 19 heavy (non-hydrogen) atoms. The molecule has 0 N–H and O–H groups in total. The Labute approximate surface area is 124 Å². The van der Waals surface area contributed by atoms with Crippen molar-refractivity contribution in [2.75, 3.05) is 12.3 Å². The summed E-state index contributed by atoms with van der Waals surface area (Å²) in [4.78, 5) is 14.5. The SMILES string of the molecule is O=C(c1ccccc1Br)N1CCS[C@H]1c1ccco1. The van der Waals surface area contributed by atoms with Gasteiger partial charge in [-0.15, -0.1) is 11.8 Å². The van der Waals surface area contributed by atoms with Gasteiger partial charge >= 0.3 is 0 Å². The fourth-order valence-corrected chi connectivity index (χ4v) is 3.79. The van der Waals surface area contributed by atoms with Gasteiger partial charge in [0, 0.05) is 16.8 Å². The number of hydrogen-bond donors (Lipinski definition) is 0. The van der Waals surface area contributed by atoms with Crippen LogP contribution in [0.2, 0.25) is 0 Å². The fourth-order valence-electron chi connectivity index (χ4n) is 2.13. The van der Waals surface area contributed by atoms with E-state index in [4.69, 9.17) is 4.42 Å². The molecule has 0 bridgehead atoms. The summed E-state index contributed by atoms with van der Waals surface area (Å²) in [5, 5.41) is -0.0189. The number of carbonyl (C=O) groups is 1. The first-order valence-electron chi connectivity index (χ1n) is 5.98. The topological polar surface area (TPSA) is 33.5 Å². The van der Waals surface area contributed by atoms with E-state index >= 15 is 0 Å². The number of benzene rings is 1. The zero-order valence-electron chi connectivity index (χ0n) is 10.1. The third kappa shape index (κ3) is 2.44. The number of halogens is 1. The van der Waals surface area contributed by atoms with E-state index in [-0.39, 0.29) is 11.3 Å². The lowest BCUT2D eigenvalue weighted by Gasteiger charge is -2.22. The van der Waals surface area contributed by atoms with Crippen molar-refractivity contribution in [1.82, 2.24) is 4.90 Å². The molecule has 1 saturated heterocycles. The van der Waals surface area contributed by atoms with Crippen LogP contribution in [0.5, 0.6) is 0 Å². The van der Waals surface area contributed by atoms with Crippen molar-refractivity contribution in [3.8, 4) is 0 Å². The minimum atomic E-state index is -0.0189. The van der Waals surface area contributed by atoms with Crippen LogP contribution in [0.1, 0.15) is 21.5 Å². The molecule has 1 aliphatic heterocycles. The molecule has 0 radical (unpaired) electrons. The molecule has 1 aliphatic rings. The number of nitrogens with zero attached hydrogens (tertiary/aromatic N) is 1. The quantitative estimate of drug-likeness (QED) is 0.832. The molecule has 1 aromatic carbocycles. The molecule has 1 aromatic heterocycles. The number of carbonyl (C=O) groups excluding carboxylic acids is 1. The highest BCUT2D eigenvalue weighted by Crippen LogP contribution is 2.39. The highest BCUT2D eigenvalue weighted by molar-refractivity contribution is 9.10. The molecule has 3 nitrogen and oxygen atoms in total. The van der Waals surface area contributed by atoms with Gasteiger partial charge in [-0.05, 0) is 40.2 Å². The molecule has 1 fully saturated rings. The highest BCUT2D eigenvalue weighted by Gasteiger charge is 2.33. The Morgan fingerprint density at radius 3 is 2.89 bits per heavy atom. The van der Waals surface area contributed by atoms with Crippen molar-refractivity contribution >= 4 is 33.6 Å². The van der Waals surface area contributed by atoms with Crippen molar-refractivity contribution in [1.29, 1.82) is 0 Å². The largest absolute Gasteiger partial charge is 0.466 e. The summed E-state index contributed by atoms with van der Waals surface area (Å²) in [5.74, 6) is 1.81. The Morgan fingerprint density at radius 1 is 1.32 bits per heavy atom. The van der Waals surface area contributed by atoms with Crippen molar-refractivity contribution in [3.63, 3.8) is 0 Å². The third-order valence-corrected chi connectivity index (χ3v) is 4.95. The fraction of sp³-hybridized carbons (Fsp3) is 0.214. The van der Waals surface area contributed by atoms with Crippen molar-refractivity contribution in [3.05, 3.63) is 58.5 Å². The number of furan rings is 1. The maximum atomic E-state index is 12.6. The van der Waals surface area contributed by atoms with Gasteiger partial charge in [0.05, 0.1) is 11.8 Å². The average molecular weight is 338 g/mol. The summed E-state index contributed by atoms with van der Waals surface area (Å²) >= 11 is 5.17. The second-order valence-electron chi connectivity index (χ2n) is 4.22. The molecule has 0 spiro atoms. The molecule has 5 heteroatoms. The van der Waals surface area contributed by atoms with E-state index in [0.717, 1.165) is 22.5 Å². The molecule has 2 heterocycles. The van der Waals surface area contributed by atoms with E-state index in [1.807, 2.05) is 41.3 Å². The Kier molecular flexibility index (Phi) is 3.66. The molecule has 98 valence electrons. The molecular formula is C14H12BrNO2S. The number of amides is 1. The van der Waals surface area contributed by atoms with E-state index in [2.05, 4.69) is 15.9 Å². The normalized spacial score (nSPS) is 18.8. The lowest BCUT2D eigenvalue weighted by atomic mass is 10.2. The smallest absolute Gasteiger partial charge is 0.256 e. The Bertz CT molecular complexity index is 585. The predicted octanol–water partition coefficient (Wildman–Crippen LogP) is 3.93. The summed E-state index contributed by atoms with van der Waals surface area (Å²) in [6, 6.07) is 11.3. The molecule has 3 rings (SSSR count). The van der Waals surface area contributed by atoms with Gasteiger partial charge in [0.25, 0.3) is 5.91 Å². The molecular weight excluding hydrogens is 326 g/mol. The minimum Gasteiger partial charge on any atom is -0.466 e. The van der Waals surface area contributed by atoms with Crippen LogP contribution in [-0.4, -0.2) is 23.1 Å². The minimum absolute atomic E-state index is 0.0189. The number of rotatable bonds is 2. The maximum absolute atomic E-state index is 12.6. The second-order valence-corrected chi connectivity index (χ2v) is 6.26. The molecule has 1 atom stereocenters. The standard InChI is InChI=1S/C14H12BrNO2S/c15-11-5-2-1-4-10(11)13(17)16-7-9-19-14(16)12-6-3-8-18-12/h1-6,8,14H,7,9H2/t14-/m0/s1. The van der Waals surface area contributed by atoms with Gasteiger partial charge < -0.3 is 9.32 Å². The van der Waals surface area contributed by atoms with Gasteiger partial charge in [-0.2, -0.15) is 0 Å². The average Bonchev–Trinajstić information content (AvgIpc) is 3.09. The summed E-state index contributed by atoms with van der Waals surface area (Å²) in [5.41, 5.74) is 0.696. The van der Waals surface area contributed by atoms with Gasteiger partial charge in [-0.25, -0.2) is 0 Å². The predicted molar refractivity (Wildman–Crippen MR) is 79.1 cm³/mol. The van der Waals surface area contributed by atoms with Crippen molar-refractivity contribution in [2.45, 2.75) is 5.37 Å². The van der Waals surface area contributed by atoms with Gasteiger partial charge in [0.15, 0.2) is 0 Å². The van der Waals surface area contributed by atoms with Gasteiger partial charge in [-0.3, -0.25) is 4.79 Å². The second kappa shape index (κ2) is 5.43. The lowest BCUT2D eigenvalue weighted by Crippen LogP contribution is -2.30.